The number of hydrogen-bond acceptors (Lipinski definition) is 0. The summed E-state index contributed by atoms with van der Waals surface area (Å²) in [6.45, 7) is 2.25. The first-order chi connectivity index (χ1) is 7.27. The number of halogens is 2. The van der Waals surface area contributed by atoms with Gasteiger partial charge in [-0.2, -0.15) is 0 Å². The lowest BCUT2D eigenvalue weighted by atomic mass is 9.96. The number of rotatable bonds is 6. The van der Waals surface area contributed by atoms with Crippen LogP contribution in [0.2, 0.25) is 0 Å². The van der Waals surface area contributed by atoms with Crippen molar-refractivity contribution in [2.75, 3.05) is 5.33 Å². The molecular formula is C13H18Br2. The Morgan fingerprint density at radius 2 is 2.00 bits per heavy atom. The molecule has 0 nitrogen and oxygen atoms in total. The molecule has 1 aromatic carbocycles. The lowest BCUT2D eigenvalue weighted by Gasteiger charge is -2.14. The summed E-state index contributed by atoms with van der Waals surface area (Å²) in [5, 5.41) is 1.11. The third kappa shape index (κ3) is 4.69. The quantitative estimate of drug-likeness (QED) is 0.628. The van der Waals surface area contributed by atoms with Crippen LogP contribution in [0.1, 0.15) is 31.7 Å². The fraction of sp³-hybridized carbons (Fsp3) is 0.538. The first-order valence-corrected chi connectivity index (χ1v) is 7.48. The molecule has 0 aliphatic carbocycles. The molecule has 0 bridgehead atoms. The Morgan fingerprint density at radius 3 is 2.60 bits per heavy atom. The SMILES string of the molecule is CCCCC(CBr)Cc1ccccc1Br. The molecule has 2 heteroatoms. The summed E-state index contributed by atoms with van der Waals surface area (Å²) in [4.78, 5) is 0. The van der Waals surface area contributed by atoms with E-state index in [9.17, 15) is 0 Å². The smallest absolute Gasteiger partial charge is 0.0207 e. The fourth-order valence-corrected chi connectivity index (χ4v) is 2.70. The van der Waals surface area contributed by atoms with Crippen molar-refractivity contribution < 1.29 is 0 Å². The molecule has 0 spiro atoms. The van der Waals surface area contributed by atoms with Gasteiger partial charge in [-0.15, -0.1) is 0 Å². The van der Waals surface area contributed by atoms with Crippen LogP contribution in [-0.2, 0) is 6.42 Å². The van der Waals surface area contributed by atoms with E-state index in [-0.39, 0.29) is 0 Å². The van der Waals surface area contributed by atoms with Gasteiger partial charge >= 0.3 is 0 Å². The van der Waals surface area contributed by atoms with Crippen LogP contribution in [0.25, 0.3) is 0 Å². The van der Waals surface area contributed by atoms with E-state index >= 15 is 0 Å². The minimum Gasteiger partial charge on any atom is -0.0925 e. The van der Waals surface area contributed by atoms with Crippen molar-refractivity contribution in [1.82, 2.24) is 0 Å². The monoisotopic (exact) mass is 332 g/mol. The number of alkyl halides is 1. The lowest BCUT2D eigenvalue weighted by Crippen LogP contribution is -2.06. The molecule has 0 aliphatic heterocycles. The van der Waals surface area contributed by atoms with E-state index in [1.807, 2.05) is 0 Å². The summed E-state index contributed by atoms with van der Waals surface area (Å²) in [5.74, 6) is 0.767. The summed E-state index contributed by atoms with van der Waals surface area (Å²) >= 11 is 7.22. The Hall–Kier alpha value is 0.180. The number of hydrogen-bond donors (Lipinski definition) is 0. The molecule has 1 unspecified atom stereocenters. The highest BCUT2D eigenvalue weighted by atomic mass is 79.9. The summed E-state index contributed by atoms with van der Waals surface area (Å²) < 4.78 is 1.24. The topological polar surface area (TPSA) is 0 Å². The van der Waals surface area contributed by atoms with Crippen molar-refractivity contribution >= 4 is 31.9 Å². The Morgan fingerprint density at radius 1 is 1.27 bits per heavy atom. The minimum atomic E-state index is 0.767. The summed E-state index contributed by atoms with van der Waals surface area (Å²) in [6, 6.07) is 8.53. The molecule has 0 saturated carbocycles. The average molecular weight is 334 g/mol. The van der Waals surface area contributed by atoms with Crippen LogP contribution in [-0.4, -0.2) is 5.33 Å². The molecule has 0 heterocycles. The van der Waals surface area contributed by atoms with Gasteiger partial charge in [-0.05, 0) is 30.4 Å². The van der Waals surface area contributed by atoms with Crippen LogP contribution in [0, 0.1) is 5.92 Å². The second-order valence-corrected chi connectivity index (χ2v) is 5.46. The van der Waals surface area contributed by atoms with Gasteiger partial charge in [0.05, 0.1) is 0 Å². The largest absolute Gasteiger partial charge is 0.0925 e. The molecule has 0 aromatic heterocycles. The maximum absolute atomic E-state index is 3.61. The highest BCUT2D eigenvalue weighted by Gasteiger charge is 2.09. The molecule has 0 amide bonds. The van der Waals surface area contributed by atoms with Crippen molar-refractivity contribution in [2.45, 2.75) is 32.6 Å². The zero-order chi connectivity index (χ0) is 11.1. The third-order valence-corrected chi connectivity index (χ3v) is 4.34. The molecule has 1 rings (SSSR count). The van der Waals surface area contributed by atoms with Crippen LogP contribution in [0.15, 0.2) is 28.7 Å². The highest BCUT2D eigenvalue weighted by molar-refractivity contribution is 9.10. The van der Waals surface area contributed by atoms with Crippen LogP contribution >= 0.6 is 31.9 Å². The van der Waals surface area contributed by atoms with E-state index in [0.717, 1.165) is 11.2 Å². The first kappa shape index (κ1) is 13.2. The van der Waals surface area contributed by atoms with E-state index in [1.54, 1.807) is 0 Å². The Labute approximate surface area is 110 Å². The lowest BCUT2D eigenvalue weighted by molar-refractivity contribution is 0.513. The Kier molecular flexibility index (Phi) is 6.58. The van der Waals surface area contributed by atoms with Crippen LogP contribution < -0.4 is 0 Å². The van der Waals surface area contributed by atoms with Gasteiger partial charge in [0.25, 0.3) is 0 Å². The van der Waals surface area contributed by atoms with Crippen molar-refractivity contribution in [3.05, 3.63) is 34.3 Å². The van der Waals surface area contributed by atoms with Crippen molar-refractivity contribution in [3.8, 4) is 0 Å². The van der Waals surface area contributed by atoms with Gasteiger partial charge in [0, 0.05) is 9.80 Å². The second kappa shape index (κ2) is 7.45. The summed E-state index contributed by atoms with van der Waals surface area (Å²) in [6.07, 6.45) is 5.12. The molecule has 1 atom stereocenters. The molecule has 0 fully saturated rings. The van der Waals surface area contributed by atoms with Gasteiger partial charge in [-0.1, -0.05) is 69.8 Å². The van der Waals surface area contributed by atoms with E-state index in [2.05, 4.69) is 63.0 Å². The normalized spacial score (nSPS) is 12.7. The van der Waals surface area contributed by atoms with Crippen LogP contribution in [0.3, 0.4) is 0 Å². The Bertz CT molecular complexity index is 284. The van der Waals surface area contributed by atoms with Crippen molar-refractivity contribution in [1.29, 1.82) is 0 Å². The molecular weight excluding hydrogens is 316 g/mol. The van der Waals surface area contributed by atoms with Crippen LogP contribution in [0.4, 0.5) is 0 Å². The number of benzene rings is 1. The fourth-order valence-electron chi connectivity index (χ4n) is 1.70. The van der Waals surface area contributed by atoms with Crippen molar-refractivity contribution in [2.24, 2.45) is 5.92 Å². The van der Waals surface area contributed by atoms with E-state index in [4.69, 9.17) is 0 Å². The molecule has 84 valence electrons. The molecule has 0 radical (unpaired) electrons. The van der Waals surface area contributed by atoms with Gasteiger partial charge in [-0.25, -0.2) is 0 Å². The van der Waals surface area contributed by atoms with E-state index in [0.29, 0.717) is 0 Å². The number of unbranched alkanes of at least 4 members (excludes halogenated alkanes) is 1. The standard InChI is InChI=1S/C13H18Br2/c1-2-3-6-11(10-14)9-12-7-4-5-8-13(12)15/h4-5,7-8,11H,2-3,6,9-10H2,1H3. The average Bonchev–Trinajstić information content (AvgIpc) is 2.26. The molecule has 15 heavy (non-hydrogen) atoms. The maximum atomic E-state index is 3.61. The van der Waals surface area contributed by atoms with Gasteiger partial charge in [0.1, 0.15) is 0 Å². The molecule has 0 saturated heterocycles. The zero-order valence-corrected chi connectivity index (χ0v) is 12.4. The van der Waals surface area contributed by atoms with E-state index in [1.165, 1.54) is 35.7 Å². The maximum Gasteiger partial charge on any atom is 0.0207 e. The summed E-state index contributed by atoms with van der Waals surface area (Å²) in [7, 11) is 0. The van der Waals surface area contributed by atoms with Crippen LogP contribution in [0.5, 0.6) is 0 Å². The minimum absolute atomic E-state index is 0.767. The van der Waals surface area contributed by atoms with Gasteiger partial charge in [0.15, 0.2) is 0 Å². The Balaban J connectivity index is 2.54. The molecule has 1 aromatic rings. The molecule has 0 N–H and O–H groups in total. The van der Waals surface area contributed by atoms with Gasteiger partial charge in [0.2, 0.25) is 0 Å². The van der Waals surface area contributed by atoms with E-state index < -0.39 is 0 Å². The predicted octanol–water partition coefficient (Wildman–Crippen LogP) is 5.19. The second-order valence-electron chi connectivity index (χ2n) is 3.96. The van der Waals surface area contributed by atoms with Gasteiger partial charge in [-0.3, -0.25) is 0 Å². The predicted molar refractivity (Wildman–Crippen MR) is 74.7 cm³/mol. The first-order valence-electron chi connectivity index (χ1n) is 5.57. The summed E-state index contributed by atoms with van der Waals surface area (Å²) in [5.41, 5.74) is 1.43. The van der Waals surface area contributed by atoms with Crippen molar-refractivity contribution in [3.63, 3.8) is 0 Å². The third-order valence-electron chi connectivity index (χ3n) is 2.65. The van der Waals surface area contributed by atoms with Gasteiger partial charge < -0.3 is 0 Å². The zero-order valence-electron chi connectivity index (χ0n) is 9.18. The molecule has 0 aliphatic rings. The highest BCUT2D eigenvalue weighted by Crippen LogP contribution is 2.23.